The molecule has 0 atom stereocenters. The first kappa shape index (κ1) is 8.74. The Hall–Kier alpha value is -1.85. The molecule has 1 aromatic rings. The highest BCUT2D eigenvalue weighted by atomic mass is 15.5. The molecule has 0 unspecified atom stereocenters. The number of hydrogen-bond acceptors (Lipinski definition) is 6. The lowest BCUT2D eigenvalue weighted by Crippen LogP contribution is -2.43. The van der Waals surface area contributed by atoms with Crippen molar-refractivity contribution in [2.24, 2.45) is 4.99 Å². The summed E-state index contributed by atoms with van der Waals surface area (Å²) >= 11 is 0. The number of aromatic nitrogens is 2. The highest BCUT2D eigenvalue weighted by Crippen LogP contribution is 1.91. The molecule has 0 saturated heterocycles. The van der Waals surface area contributed by atoms with Crippen LogP contribution < -0.4 is 16.2 Å². The van der Waals surface area contributed by atoms with Crippen LogP contribution in [-0.2, 0) is 0 Å². The summed E-state index contributed by atoms with van der Waals surface area (Å²) in [6.07, 6.45) is 4.42. The number of anilines is 1. The van der Waals surface area contributed by atoms with E-state index in [1.54, 1.807) is 18.5 Å². The first-order valence-corrected chi connectivity index (χ1v) is 4.52. The summed E-state index contributed by atoms with van der Waals surface area (Å²) in [4.78, 5) is 12.2. The quantitative estimate of drug-likeness (QED) is 0.563. The van der Waals surface area contributed by atoms with Gasteiger partial charge in [-0.2, -0.15) is 0 Å². The third-order valence-corrected chi connectivity index (χ3v) is 1.76. The number of rotatable bonds is 2. The van der Waals surface area contributed by atoms with Crippen LogP contribution in [0.15, 0.2) is 23.5 Å². The van der Waals surface area contributed by atoms with Crippen molar-refractivity contribution in [2.75, 3.05) is 18.5 Å². The number of nitrogens with zero attached hydrogens (tertiary/aromatic N) is 3. The highest BCUT2D eigenvalue weighted by Gasteiger charge is 2.02. The number of nitrogens with one attached hydrogen (secondary N) is 3. The first-order chi connectivity index (χ1) is 6.95. The van der Waals surface area contributed by atoms with E-state index in [1.165, 1.54) is 0 Å². The molecule has 0 amide bonds. The van der Waals surface area contributed by atoms with Gasteiger partial charge in [0.2, 0.25) is 11.9 Å². The smallest absolute Gasteiger partial charge is 0.241 e. The highest BCUT2D eigenvalue weighted by molar-refractivity contribution is 5.81. The first-order valence-electron chi connectivity index (χ1n) is 4.52. The van der Waals surface area contributed by atoms with Crippen molar-refractivity contribution in [1.29, 1.82) is 0 Å². The number of guanidine groups is 1. The second-order valence-corrected chi connectivity index (χ2v) is 2.83. The molecule has 0 fully saturated rings. The molecule has 6 heteroatoms. The molecule has 0 saturated carbocycles. The van der Waals surface area contributed by atoms with Crippen molar-refractivity contribution in [2.45, 2.75) is 6.42 Å². The van der Waals surface area contributed by atoms with Crippen molar-refractivity contribution in [3.63, 3.8) is 0 Å². The molecule has 2 heterocycles. The van der Waals surface area contributed by atoms with E-state index in [0.29, 0.717) is 5.95 Å². The summed E-state index contributed by atoms with van der Waals surface area (Å²) < 4.78 is 0. The topological polar surface area (TPSA) is 74.2 Å². The van der Waals surface area contributed by atoms with Gasteiger partial charge in [-0.25, -0.2) is 9.97 Å². The molecule has 2 rings (SSSR count). The second kappa shape index (κ2) is 4.40. The zero-order valence-electron chi connectivity index (χ0n) is 7.70. The Labute approximate surface area is 81.8 Å². The fraction of sp³-hybridized carbons (Fsp3) is 0.375. The molecule has 6 nitrogen and oxygen atoms in total. The zero-order valence-corrected chi connectivity index (χ0v) is 7.70. The van der Waals surface area contributed by atoms with Gasteiger partial charge in [-0.05, 0) is 12.5 Å². The molecule has 0 aromatic carbocycles. The zero-order chi connectivity index (χ0) is 9.64. The van der Waals surface area contributed by atoms with Crippen LogP contribution in [-0.4, -0.2) is 29.0 Å². The Kier molecular flexibility index (Phi) is 2.75. The average molecular weight is 192 g/mol. The van der Waals surface area contributed by atoms with E-state index in [9.17, 15) is 0 Å². The Morgan fingerprint density at radius 1 is 1.21 bits per heavy atom. The maximum absolute atomic E-state index is 4.22. The summed E-state index contributed by atoms with van der Waals surface area (Å²) in [5, 5.41) is 3.11. The molecule has 0 aliphatic carbocycles. The van der Waals surface area contributed by atoms with Crippen LogP contribution in [0.2, 0.25) is 0 Å². The van der Waals surface area contributed by atoms with Crippen LogP contribution in [0.5, 0.6) is 0 Å². The van der Waals surface area contributed by atoms with Gasteiger partial charge in [-0.1, -0.05) is 0 Å². The Morgan fingerprint density at radius 2 is 2.07 bits per heavy atom. The molecule has 1 aliphatic rings. The number of aliphatic imine (C=N–C) groups is 1. The summed E-state index contributed by atoms with van der Waals surface area (Å²) in [7, 11) is 0. The van der Waals surface area contributed by atoms with Gasteiger partial charge in [0.05, 0.1) is 0 Å². The van der Waals surface area contributed by atoms with Crippen molar-refractivity contribution in [3.05, 3.63) is 18.5 Å². The maximum Gasteiger partial charge on any atom is 0.241 e. The fourth-order valence-corrected chi connectivity index (χ4v) is 1.10. The molecule has 14 heavy (non-hydrogen) atoms. The molecule has 0 spiro atoms. The van der Waals surface area contributed by atoms with Gasteiger partial charge < -0.3 is 5.32 Å². The number of hydrazine groups is 1. The van der Waals surface area contributed by atoms with Gasteiger partial charge in [-0.15, -0.1) is 0 Å². The van der Waals surface area contributed by atoms with Crippen molar-refractivity contribution in [3.8, 4) is 0 Å². The Bertz CT molecular complexity index is 309. The van der Waals surface area contributed by atoms with E-state index < -0.39 is 0 Å². The predicted octanol–water partition coefficient (Wildman–Crippen LogP) is -0.258. The Balaban J connectivity index is 1.85. The lowest BCUT2D eigenvalue weighted by Gasteiger charge is -2.15. The van der Waals surface area contributed by atoms with Gasteiger partial charge >= 0.3 is 0 Å². The molecular formula is C8H12N6. The monoisotopic (exact) mass is 192 g/mol. The van der Waals surface area contributed by atoms with Crippen LogP contribution in [0.3, 0.4) is 0 Å². The minimum absolute atomic E-state index is 0.530. The van der Waals surface area contributed by atoms with E-state index >= 15 is 0 Å². The van der Waals surface area contributed by atoms with Gasteiger partial charge in [0.15, 0.2) is 0 Å². The lowest BCUT2D eigenvalue weighted by molar-refractivity contribution is 0.717. The molecule has 0 radical (unpaired) electrons. The van der Waals surface area contributed by atoms with Gasteiger partial charge in [-0.3, -0.25) is 15.8 Å². The summed E-state index contributed by atoms with van der Waals surface area (Å²) in [5.41, 5.74) is 5.75. The largest absolute Gasteiger partial charge is 0.355 e. The fourth-order valence-electron chi connectivity index (χ4n) is 1.10. The maximum atomic E-state index is 4.22. The van der Waals surface area contributed by atoms with Gasteiger partial charge in [0.25, 0.3) is 0 Å². The summed E-state index contributed by atoms with van der Waals surface area (Å²) in [6, 6.07) is 1.77. The van der Waals surface area contributed by atoms with Crippen molar-refractivity contribution >= 4 is 11.9 Å². The normalized spacial score (nSPS) is 15.3. The molecule has 1 aromatic heterocycles. The predicted molar refractivity (Wildman–Crippen MR) is 53.7 cm³/mol. The SMILES string of the molecule is c1cnc(NNC2=NCCCN2)nc1. The van der Waals surface area contributed by atoms with E-state index in [4.69, 9.17) is 0 Å². The van der Waals surface area contributed by atoms with Crippen molar-refractivity contribution < 1.29 is 0 Å². The van der Waals surface area contributed by atoms with E-state index in [1.807, 2.05) is 0 Å². The molecule has 0 bridgehead atoms. The van der Waals surface area contributed by atoms with Crippen LogP contribution in [0.25, 0.3) is 0 Å². The molecular weight excluding hydrogens is 180 g/mol. The third-order valence-electron chi connectivity index (χ3n) is 1.76. The van der Waals surface area contributed by atoms with Crippen LogP contribution >= 0.6 is 0 Å². The van der Waals surface area contributed by atoms with Gasteiger partial charge in [0.1, 0.15) is 0 Å². The molecule has 74 valence electrons. The lowest BCUT2D eigenvalue weighted by atomic mass is 10.4. The van der Waals surface area contributed by atoms with E-state index in [2.05, 4.69) is 31.1 Å². The third kappa shape index (κ3) is 2.32. The van der Waals surface area contributed by atoms with Crippen LogP contribution in [0, 0.1) is 0 Å². The van der Waals surface area contributed by atoms with Gasteiger partial charge in [0, 0.05) is 25.5 Å². The minimum atomic E-state index is 0.530. The second-order valence-electron chi connectivity index (χ2n) is 2.83. The van der Waals surface area contributed by atoms with Crippen LogP contribution in [0.1, 0.15) is 6.42 Å². The molecule has 3 N–H and O–H groups in total. The minimum Gasteiger partial charge on any atom is -0.355 e. The van der Waals surface area contributed by atoms with E-state index in [0.717, 1.165) is 25.5 Å². The van der Waals surface area contributed by atoms with Crippen molar-refractivity contribution in [1.82, 2.24) is 20.7 Å². The number of hydrogen-bond donors (Lipinski definition) is 3. The standard InChI is InChI=1S/C8H12N6/c1-3-9-7(10-4-1)13-14-8-11-5-2-6-12-8/h1,3-4H,2,5-6H2,(H,9,10,13)(H2,11,12,14). The summed E-state index contributed by atoms with van der Waals surface area (Å²) in [5.74, 6) is 1.27. The average Bonchev–Trinajstić information content (AvgIpc) is 2.29. The Morgan fingerprint density at radius 3 is 2.79 bits per heavy atom. The van der Waals surface area contributed by atoms with Crippen LogP contribution in [0.4, 0.5) is 5.95 Å². The van der Waals surface area contributed by atoms with E-state index in [-0.39, 0.29) is 0 Å². The molecule has 1 aliphatic heterocycles. The summed E-state index contributed by atoms with van der Waals surface area (Å²) in [6.45, 7) is 1.80.